The minimum Gasteiger partial charge on any atom is -0.481 e. The lowest BCUT2D eigenvalue weighted by Gasteiger charge is -2.22. The standard InChI is InChI=1S/C12H20N2O4S/c1-8(7-11(16)17)6-10(15)14-12(18)13-9-2-4-19-5-3-9/h8-9H,2-7H2,1H3,(H,16,17)(H2,13,14,15,18). The normalized spacial score (nSPS) is 17.5. The summed E-state index contributed by atoms with van der Waals surface area (Å²) in [6.07, 6.45) is 1.80. The van der Waals surface area contributed by atoms with E-state index >= 15 is 0 Å². The minimum absolute atomic E-state index is 0.0419. The quantitative estimate of drug-likeness (QED) is 0.706. The Hall–Kier alpha value is -1.24. The van der Waals surface area contributed by atoms with Crippen molar-refractivity contribution in [1.82, 2.24) is 10.6 Å². The van der Waals surface area contributed by atoms with Gasteiger partial charge in [0.25, 0.3) is 0 Å². The first-order valence-corrected chi connectivity index (χ1v) is 7.52. The van der Waals surface area contributed by atoms with Crippen molar-refractivity contribution >= 4 is 29.7 Å². The Kier molecular flexibility index (Phi) is 6.69. The number of amides is 3. The SMILES string of the molecule is CC(CC(=O)O)CC(=O)NC(=O)NC1CCSCC1. The summed E-state index contributed by atoms with van der Waals surface area (Å²) in [6, 6.07) is -0.352. The number of carboxylic acid groups (broad SMARTS) is 1. The van der Waals surface area contributed by atoms with Crippen molar-refractivity contribution in [2.45, 2.75) is 38.6 Å². The highest BCUT2D eigenvalue weighted by atomic mass is 32.2. The second-order valence-electron chi connectivity index (χ2n) is 4.82. The lowest BCUT2D eigenvalue weighted by molar-refractivity contribution is -0.138. The molecule has 0 saturated carbocycles. The molecule has 6 nitrogen and oxygen atoms in total. The molecule has 108 valence electrons. The number of thioether (sulfide) groups is 1. The van der Waals surface area contributed by atoms with Crippen molar-refractivity contribution in [3.8, 4) is 0 Å². The van der Waals surface area contributed by atoms with Crippen molar-refractivity contribution in [2.24, 2.45) is 5.92 Å². The number of urea groups is 1. The van der Waals surface area contributed by atoms with E-state index in [4.69, 9.17) is 5.11 Å². The molecule has 0 radical (unpaired) electrons. The fraction of sp³-hybridized carbons (Fsp3) is 0.750. The molecule has 3 N–H and O–H groups in total. The zero-order valence-electron chi connectivity index (χ0n) is 11.0. The molecule has 1 aliphatic heterocycles. The first-order chi connectivity index (χ1) is 8.97. The molecule has 1 atom stereocenters. The summed E-state index contributed by atoms with van der Waals surface area (Å²) < 4.78 is 0. The number of nitrogens with one attached hydrogen (secondary N) is 2. The van der Waals surface area contributed by atoms with E-state index in [0.29, 0.717) is 0 Å². The van der Waals surface area contributed by atoms with Gasteiger partial charge in [-0.1, -0.05) is 6.92 Å². The fourth-order valence-electron chi connectivity index (χ4n) is 1.93. The molecule has 19 heavy (non-hydrogen) atoms. The van der Waals surface area contributed by atoms with Crippen LogP contribution in [0.25, 0.3) is 0 Å². The third-order valence-corrected chi connectivity index (χ3v) is 3.92. The number of carboxylic acids is 1. The van der Waals surface area contributed by atoms with Crippen molar-refractivity contribution in [3.63, 3.8) is 0 Å². The average molecular weight is 288 g/mol. The van der Waals surface area contributed by atoms with Gasteiger partial charge < -0.3 is 10.4 Å². The molecule has 1 aliphatic rings. The molecule has 0 bridgehead atoms. The highest BCUT2D eigenvalue weighted by Crippen LogP contribution is 2.16. The predicted octanol–water partition coefficient (Wildman–Crippen LogP) is 1.21. The highest BCUT2D eigenvalue weighted by molar-refractivity contribution is 7.99. The van der Waals surface area contributed by atoms with Crippen LogP contribution in [0.3, 0.4) is 0 Å². The number of imide groups is 1. The van der Waals surface area contributed by atoms with Crippen molar-refractivity contribution in [3.05, 3.63) is 0 Å². The molecule has 0 aromatic rings. The predicted molar refractivity (Wildman–Crippen MR) is 73.1 cm³/mol. The zero-order chi connectivity index (χ0) is 14.3. The van der Waals surface area contributed by atoms with Crippen molar-refractivity contribution in [2.75, 3.05) is 11.5 Å². The molecular formula is C12H20N2O4S. The summed E-state index contributed by atoms with van der Waals surface area (Å²) in [5.41, 5.74) is 0. The number of hydrogen-bond acceptors (Lipinski definition) is 4. The minimum atomic E-state index is -0.940. The van der Waals surface area contributed by atoms with Crippen molar-refractivity contribution < 1.29 is 19.5 Å². The summed E-state index contributed by atoms with van der Waals surface area (Å²) in [4.78, 5) is 33.5. The van der Waals surface area contributed by atoms with E-state index in [1.807, 2.05) is 11.8 Å². The van der Waals surface area contributed by atoms with Gasteiger partial charge in [-0.05, 0) is 30.3 Å². The van der Waals surface area contributed by atoms with Crippen LogP contribution in [0, 0.1) is 5.92 Å². The number of carbonyl (C=O) groups excluding carboxylic acids is 2. The Balaban J connectivity index is 2.23. The molecule has 0 aromatic carbocycles. The third kappa shape index (κ3) is 7.05. The molecule has 1 saturated heterocycles. The molecule has 7 heteroatoms. The molecule has 1 fully saturated rings. The van der Waals surface area contributed by atoms with Gasteiger partial charge in [0, 0.05) is 18.9 Å². The summed E-state index contributed by atoms with van der Waals surface area (Å²) >= 11 is 1.86. The Morgan fingerprint density at radius 1 is 1.26 bits per heavy atom. The molecule has 0 spiro atoms. The lowest BCUT2D eigenvalue weighted by Crippen LogP contribution is -2.46. The van der Waals surface area contributed by atoms with Gasteiger partial charge >= 0.3 is 12.0 Å². The van der Waals surface area contributed by atoms with E-state index in [1.54, 1.807) is 6.92 Å². The fourth-order valence-corrected chi connectivity index (χ4v) is 3.03. The van der Waals surface area contributed by atoms with Crippen LogP contribution in [-0.4, -0.2) is 40.6 Å². The summed E-state index contributed by atoms with van der Waals surface area (Å²) in [5.74, 6) is 0.389. The largest absolute Gasteiger partial charge is 0.481 e. The number of rotatable bonds is 5. The van der Waals surface area contributed by atoms with E-state index < -0.39 is 17.9 Å². The highest BCUT2D eigenvalue weighted by Gasteiger charge is 2.18. The van der Waals surface area contributed by atoms with Crippen LogP contribution in [-0.2, 0) is 9.59 Å². The van der Waals surface area contributed by atoms with Gasteiger partial charge in [0.1, 0.15) is 0 Å². The molecular weight excluding hydrogens is 268 g/mol. The number of hydrogen-bond donors (Lipinski definition) is 3. The summed E-state index contributed by atoms with van der Waals surface area (Å²) in [5, 5.41) is 13.6. The van der Waals surface area contributed by atoms with Crippen LogP contribution in [0.5, 0.6) is 0 Å². The van der Waals surface area contributed by atoms with Gasteiger partial charge in [0.05, 0.1) is 0 Å². The van der Waals surface area contributed by atoms with E-state index in [0.717, 1.165) is 24.3 Å². The zero-order valence-corrected chi connectivity index (χ0v) is 11.8. The van der Waals surface area contributed by atoms with Crippen LogP contribution >= 0.6 is 11.8 Å². The van der Waals surface area contributed by atoms with Gasteiger partial charge in [-0.3, -0.25) is 14.9 Å². The third-order valence-electron chi connectivity index (χ3n) is 2.87. The van der Waals surface area contributed by atoms with E-state index in [2.05, 4.69) is 10.6 Å². The monoisotopic (exact) mass is 288 g/mol. The molecule has 1 unspecified atom stereocenters. The molecule has 0 aliphatic carbocycles. The Labute approximate surface area is 116 Å². The second-order valence-corrected chi connectivity index (χ2v) is 6.04. The van der Waals surface area contributed by atoms with Gasteiger partial charge in [-0.2, -0.15) is 11.8 Å². The van der Waals surface area contributed by atoms with Gasteiger partial charge in [0.15, 0.2) is 0 Å². The number of carbonyl (C=O) groups is 3. The average Bonchev–Trinajstić information content (AvgIpc) is 2.28. The Bertz CT molecular complexity index is 343. The Morgan fingerprint density at radius 3 is 2.47 bits per heavy atom. The first kappa shape index (κ1) is 15.8. The topological polar surface area (TPSA) is 95.5 Å². The maximum absolute atomic E-state index is 11.6. The van der Waals surface area contributed by atoms with Crippen molar-refractivity contribution in [1.29, 1.82) is 0 Å². The summed E-state index contributed by atoms with van der Waals surface area (Å²) in [7, 11) is 0. The molecule has 0 aromatic heterocycles. The van der Waals surface area contributed by atoms with Crippen LogP contribution in [0.1, 0.15) is 32.6 Å². The van der Waals surface area contributed by atoms with E-state index in [9.17, 15) is 14.4 Å². The van der Waals surface area contributed by atoms with Gasteiger partial charge in [0.2, 0.25) is 5.91 Å². The molecule has 1 rings (SSSR count). The van der Waals surface area contributed by atoms with Crippen LogP contribution in [0.2, 0.25) is 0 Å². The first-order valence-electron chi connectivity index (χ1n) is 6.37. The second kappa shape index (κ2) is 8.04. The molecule has 1 heterocycles. The van der Waals surface area contributed by atoms with E-state index in [1.165, 1.54) is 0 Å². The van der Waals surface area contributed by atoms with E-state index in [-0.39, 0.29) is 24.8 Å². The lowest BCUT2D eigenvalue weighted by atomic mass is 10.0. The number of aliphatic carboxylic acids is 1. The van der Waals surface area contributed by atoms with Crippen LogP contribution in [0.4, 0.5) is 4.79 Å². The van der Waals surface area contributed by atoms with Gasteiger partial charge in [-0.25, -0.2) is 4.79 Å². The van der Waals surface area contributed by atoms with Crippen LogP contribution < -0.4 is 10.6 Å². The maximum atomic E-state index is 11.6. The smallest absolute Gasteiger partial charge is 0.321 e. The molecule has 3 amide bonds. The van der Waals surface area contributed by atoms with Crippen LogP contribution in [0.15, 0.2) is 0 Å². The summed E-state index contributed by atoms with van der Waals surface area (Å²) in [6.45, 7) is 1.67. The maximum Gasteiger partial charge on any atom is 0.321 e. The Morgan fingerprint density at radius 2 is 1.89 bits per heavy atom. The van der Waals surface area contributed by atoms with Gasteiger partial charge in [-0.15, -0.1) is 0 Å².